The molecule has 1 aromatic carbocycles. The minimum Gasteiger partial charge on any atom is -0.476 e. The molecule has 6 heteroatoms. The van der Waals surface area contributed by atoms with Crippen LogP contribution in [-0.4, -0.2) is 16.6 Å². The van der Waals surface area contributed by atoms with Crippen molar-refractivity contribution in [3.8, 4) is 11.9 Å². The van der Waals surface area contributed by atoms with Crippen LogP contribution in [-0.2, 0) is 0 Å². The maximum absolute atomic E-state index is 8.96. The molecule has 17 heavy (non-hydrogen) atoms. The van der Waals surface area contributed by atoms with E-state index in [4.69, 9.17) is 33.2 Å². The Morgan fingerprint density at radius 3 is 2.35 bits per heavy atom. The van der Waals surface area contributed by atoms with Crippen molar-refractivity contribution in [2.75, 3.05) is 6.61 Å². The summed E-state index contributed by atoms with van der Waals surface area (Å²) < 4.78 is 5.23. The van der Waals surface area contributed by atoms with Gasteiger partial charge in [-0.25, -0.2) is 9.97 Å². The van der Waals surface area contributed by atoms with Gasteiger partial charge in [-0.2, -0.15) is 5.26 Å². The molecule has 0 aliphatic rings. The largest absolute Gasteiger partial charge is 0.476 e. The summed E-state index contributed by atoms with van der Waals surface area (Å²) in [4.78, 5) is 8.28. The SMILES string of the molecule is CCOc1nc2c(Cl)ccc(Cl)c2nc1C#N. The van der Waals surface area contributed by atoms with Crippen molar-refractivity contribution >= 4 is 34.2 Å². The van der Waals surface area contributed by atoms with Crippen LogP contribution in [0.15, 0.2) is 12.1 Å². The standard InChI is InChI=1S/C11H7Cl2N3O/c1-2-17-11-8(5-14)15-9-6(12)3-4-7(13)10(9)16-11/h3-4H,2H2,1H3. The topological polar surface area (TPSA) is 58.8 Å². The molecule has 0 amide bonds. The minimum absolute atomic E-state index is 0.100. The number of ether oxygens (including phenoxy) is 1. The third-order valence-corrected chi connectivity index (χ3v) is 2.69. The molecule has 0 N–H and O–H groups in total. The van der Waals surface area contributed by atoms with E-state index in [-0.39, 0.29) is 11.6 Å². The summed E-state index contributed by atoms with van der Waals surface area (Å²) in [6.07, 6.45) is 0. The Morgan fingerprint density at radius 1 is 1.24 bits per heavy atom. The van der Waals surface area contributed by atoms with E-state index in [1.807, 2.05) is 6.07 Å². The van der Waals surface area contributed by atoms with Crippen LogP contribution in [0.4, 0.5) is 0 Å². The minimum atomic E-state index is 0.100. The van der Waals surface area contributed by atoms with E-state index in [2.05, 4.69) is 9.97 Å². The monoisotopic (exact) mass is 267 g/mol. The molecule has 0 aliphatic heterocycles. The van der Waals surface area contributed by atoms with Crippen LogP contribution in [0.5, 0.6) is 5.88 Å². The number of halogens is 2. The maximum Gasteiger partial charge on any atom is 0.251 e. The van der Waals surface area contributed by atoms with E-state index >= 15 is 0 Å². The average Bonchev–Trinajstić information content (AvgIpc) is 2.34. The van der Waals surface area contributed by atoms with Gasteiger partial charge in [0.15, 0.2) is 0 Å². The summed E-state index contributed by atoms with van der Waals surface area (Å²) in [6.45, 7) is 2.19. The highest BCUT2D eigenvalue weighted by atomic mass is 35.5. The Balaban J connectivity index is 2.79. The molecule has 0 fully saturated rings. The lowest BCUT2D eigenvalue weighted by Gasteiger charge is -2.07. The molecular formula is C11H7Cl2N3O. The highest BCUT2D eigenvalue weighted by molar-refractivity contribution is 6.39. The number of nitriles is 1. The van der Waals surface area contributed by atoms with E-state index in [0.717, 1.165) is 0 Å². The van der Waals surface area contributed by atoms with Gasteiger partial charge in [-0.3, -0.25) is 0 Å². The smallest absolute Gasteiger partial charge is 0.251 e. The van der Waals surface area contributed by atoms with Gasteiger partial charge in [0.1, 0.15) is 17.1 Å². The van der Waals surface area contributed by atoms with Gasteiger partial charge in [0.25, 0.3) is 5.88 Å². The molecule has 2 rings (SSSR count). The summed E-state index contributed by atoms with van der Waals surface area (Å²) in [6, 6.07) is 5.16. The molecule has 1 heterocycles. The van der Waals surface area contributed by atoms with Crippen LogP contribution < -0.4 is 4.74 Å². The lowest BCUT2D eigenvalue weighted by molar-refractivity contribution is 0.325. The molecule has 0 aliphatic carbocycles. The summed E-state index contributed by atoms with van der Waals surface area (Å²) >= 11 is 12.0. The average molecular weight is 268 g/mol. The van der Waals surface area contributed by atoms with Crippen molar-refractivity contribution in [2.24, 2.45) is 0 Å². The van der Waals surface area contributed by atoms with Gasteiger partial charge in [0.05, 0.1) is 16.7 Å². The number of hydrogen-bond donors (Lipinski definition) is 0. The fourth-order valence-electron chi connectivity index (χ4n) is 1.37. The van der Waals surface area contributed by atoms with E-state index < -0.39 is 0 Å². The van der Waals surface area contributed by atoms with Crippen LogP contribution in [0.2, 0.25) is 10.0 Å². The first kappa shape index (κ1) is 11.9. The van der Waals surface area contributed by atoms with Crippen LogP contribution in [0.1, 0.15) is 12.6 Å². The first-order valence-corrected chi connectivity index (χ1v) is 5.61. The molecule has 86 valence electrons. The predicted molar refractivity (Wildman–Crippen MR) is 65.4 cm³/mol. The van der Waals surface area contributed by atoms with E-state index in [0.29, 0.717) is 27.7 Å². The third-order valence-electron chi connectivity index (χ3n) is 2.08. The number of rotatable bonds is 2. The van der Waals surface area contributed by atoms with Crippen molar-refractivity contribution in [1.29, 1.82) is 5.26 Å². The highest BCUT2D eigenvalue weighted by Crippen LogP contribution is 2.29. The quantitative estimate of drug-likeness (QED) is 0.839. The van der Waals surface area contributed by atoms with Crippen LogP contribution >= 0.6 is 23.2 Å². The molecule has 2 aromatic rings. The summed E-state index contributed by atoms with van der Waals surface area (Å²) in [5.74, 6) is 0.173. The molecule has 1 aromatic heterocycles. The molecule has 0 saturated carbocycles. The molecule has 0 radical (unpaired) electrons. The molecule has 0 spiro atoms. The molecule has 0 unspecified atom stereocenters. The number of fused-ring (bicyclic) bond motifs is 1. The van der Waals surface area contributed by atoms with Crippen LogP contribution in [0.25, 0.3) is 11.0 Å². The van der Waals surface area contributed by atoms with Crippen molar-refractivity contribution in [2.45, 2.75) is 6.92 Å². The predicted octanol–water partition coefficient (Wildman–Crippen LogP) is 3.21. The van der Waals surface area contributed by atoms with Gasteiger partial charge in [-0.05, 0) is 19.1 Å². The van der Waals surface area contributed by atoms with Gasteiger partial charge in [-0.1, -0.05) is 23.2 Å². The second kappa shape index (κ2) is 4.74. The molecule has 0 bridgehead atoms. The second-order valence-electron chi connectivity index (χ2n) is 3.15. The Kier molecular flexibility index (Phi) is 3.32. The first-order valence-electron chi connectivity index (χ1n) is 4.86. The summed E-state index contributed by atoms with van der Waals surface area (Å²) in [7, 11) is 0. The van der Waals surface area contributed by atoms with Crippen molar-refractivity contribution in [3.05, 3.63) is 27.9 Å². The zero-order valence-electron chi connectivity index (χ0n) is 8.87. The zero-order chi connectivity index (χ0) is 12.4. The van der Waals surface area contributed by atoms with E-state index in [1.54, 1.807) is 19.1 Å². The Labute approximate surface area is 108 Å². The second-order valence-corrected chi connectivity index (χ2v) is 3.96. The Bertz CT molecular complexity index is 622. The van der Waals surface area contributed by atoms with Gasteiger partial charge in [0.2, 0.25) is 5.69 Å². The number of benzene rings is 1. The first-order chi connectivity index (χ1) is 8.17. The fourth-order valence-corrected chi connectivity index (χ4v) is 1.76. The number of hydrogen-bond acceptors (Lipinski definition) is 4. The lowest BCUT2D eigenvalue weighted by atomic mass is 10.3. The molecular weight excluding hydrogens is 261 g/mol. The molecule has 0 atom stereocenters. The Morgan fingerprint density at radius 2 is 1.82 bits per heavy atom. The van der Waals surface area contributed by atoms with Gasteiger partial charge < -0.3 is 4.74 Å². The van der Waals surface area contributed by atoms with Crippen molar-refractivity contribution in [3.63, 3.8) is 0 Å². The number of nitrogens with zero attached hydrogens (tertiary/aromatic N) is 3. The van der Waals surface area contributed by atoms with Crippen molar-refractivity contribution in [1.82, 2.24) is 9.97 Å². The highest BCUT2D eigenvalue weighted by Gasteiger charge is 2.13. The lowest BCUT2D eigenvalue weighted by Crippen LogP contribution is -2.01. The normalized spacial score (nSPS) is 10.2. The van der Waals surface area contributed by atoms with Crippen molar-refractivity contribution < 1.29 is 4.74 Å². The van der Waals surface area contributed by atoms with Gasteiger partial charge in [-0.15, -0.1) is 0 Å². The van der Waals surface area contributed by atoms with Gasteiger partial charge in [0, 0.05) is 0 Å². The van der Waals surface area contributed by atoms with E-state index in [1.165, 1.54) is 0 Å². The maximum atomic E-state index is 8.96. The zero-order valence-corrected chi connectivity index (χ0v) is 10.4. The van der Waals surface area contributed by atoms with Crippen LogP contribution in [0, 0.1) is 11.3 Å². The van der Waals surface area contributed by atoms with Gasteiger partial charge >= 0.3 is 0 Å². The fraction of sp³-hybridized carbons (Fsp3) is 0.182. The van der Waals surface area contributed by atoms with E-state index in [9.17, 15) is 0 Å². The summed E-state index contributed by atoms with van der Waals surface area (Å²) in [5.41, 5.74) is 0.935. The molecule has 4 nitrogen and oxygen atoms in total. The third kappa shape index (κ3) is 2.12. The van der Waals surface area contributed by atoms with Crippen LogP contribution in [0.3, 0.4) is 0 Å². The molecule has 0 saturated heterocycles. The Hall–Kier alpha value is -1.57. The summed E-state index contributed by atoms with van der Waals surface area (Å²) in [5, 5.41) is 9.77. The number of aromatic nitrogens is 2.